The van der Waals surface area contributed by atoms with E-state index in [1.807, 2.05) is 27.7 Å². The number of phenolic OH excluding ortho intramolecular Hbond substituents is 1. The van der Waals surface area contributed by atoms with Crippen LogP contribution in [-0.2, 0) is 10.1 Å². The molecule has 10 nitrogen and oxygen atoms in total. The molecule has 0 saturated carbocycles. The number of hydrogen-bond acceptors (Lipinski definition) is 8. The lowest BCUT2D eigenvalue weighted by atomic mass is 9.93. The van der Waals surface area contributed by atoms with E-state index in [2.05, 4.69) is 15.2 Å². The van der Waals surface area contributed by atoms with E-state index in [0.29, 0.717) is 33.8 Å². The van der Waals surface area contributed by atoms with Gasteiger partial charge in [0.25, 0.3) is 15.8 Å². The minimum absolute atomic E-state index is 0.0419. The molecule has 0 spiro atoms. The van der Waals surface area contributed by atoms with Crippen LogP contribution in [0.25, 0.3) is 0 Å². The Labute approximate surface area is 209 Å². The highest BCUT2D eigenvalue weighted by molar-refractivity contribution is 7.85. The SMILES string of the molecule is CC(C)c1cc(S(=O)(=O)O)cc(C(C)C)c1N=Cc1cc(N=Nc2ccc([N+](=O)[O-])cc2)ccc1O. The third-order valence-corrected chi connectivity index (χ3v) is 6.20. The van der Waals surface area contributed by atoms with Crippen LogP contribution in [-0.4, -0.2) is 29.2 Å². The van der Waals surface area contributed by atoms with Crippen LogP contribution in [0.4, 0.5) is 22.7 Å². The van der Waals surface area contributed by atoms with Crippen LogP contribution in [0, 0.1) is 10.1 Å². The largest absolute Gasteiger partial charge is 0.507 e. The molecule has 3 aromatic rings. The molecule has 0 bridgehead atoms. The van der Waals surface area contributed by atoms with Crippen molar-refractivity contribution in [3.8, 4) is 5.75 Å². The Morgan fingerprint density at radius 2 is 1.42 bits per heavy atom. The van der Waals surface area contributed by atoms with E-state index in [9.17, 15) is 28.2 Å². The van der Waals surface area contributed by atoms with Crippen LogP contribution >= 0.6 is 0 Å². The first-order valence-corrected chi connectivity index (χ1v) is 12.5. The van der Waals surface area contributed by atoms with E-state index in [1.165, 1.54) is 48.7 Å². The number of rotatable bonds is 8. The Kier molecular flexibility index (Phi) is 7.96. The zero-order chi connectivity index (χ0) is 26.6. The lowest BCUT2D eigenvalue weighted by Gasteiger charge is -2.18. The highest BCUT2D eigenvalue weighted by Gasteiger charge is 2.20. The van der Waals surface area contributed by atoms with Gasteiger partial charge in [0.2, 0.25) is 0 Å². The average Bonchev–Trinajstić information content (AvgIpc) is 2.81. The predicted molar refractivity (Wildman–Crippen MR) is 137 cm³/mol. The quantitative estimate of drug-likeness (QED) is 0.110. The number of nitro groups is 1. The van der Waals surface area contributed by atoms with Crippen molar-refractivity contribution in [1.29, 1.82) is 0 Å². The molecule has 0 aromatic heterocycles. The maximum atomic E-state index is 11.8. The first kappa shape index (κ1) is 26.6. The van der Waals surface area contributed by atoms with Crippen LogP contribution in [0.5, 0.6) is 5.75 Å². The van der Waals surface area contributed by atoms with Gasteiger partial charge in [0, 0.05) is 23.9 Å². The summed E-state index contributed by atoms with van der Waals surface area (Å²) in [6.07, 6.45) is 1.46. The van der Waals surface area contributed by atoms with E-state index in [1.54, 1.807) is 12.1 Å². The maximum Gasteiger partial charge on any atom is 0.294 e. The number of hydrogen-bond donors (Lipinski definition) is 2. The number of non-ortho nitro benzene ring substituents is 1. The van der Waals surface area contributed by atoms with Gasteiger partial charge in [0.05, 0.1) is 26.9 Å². The number of azo groups is 1. The molecule has 11 heteroatoms. The summed E-state index contributed by atoms with van der Waals surface area (Å²) in [5.41, 5.74) is 2.98. The van der Waals surface area contributed by atoms with Gasteiger partial charge in [-0.3, -0.25) is 19.7 Å². The number of nitro benzene ring substituents is 1. The zero-order valence-electron chi connectivity index (χ0n) is 20.2. The second-order valence-electron chi connectivity index (χ2n) is 8.71. The van der Waals surface area contributed by atoms with Gasteiger partial charge in [-0.1, -0.05) is 27.7 Å². The molecule has 0 aliphatic carbocycles. The standard InChI is InChI=1S/C25H26N4O6S/c1-15(2)22-12-21(36(33,34)35)13-23(16(3)4)25(22)26-14-17-11-19(7-10-24(17)30)28-27-18-5-8-20(9-6-18)29(31)32/h5-16,30H,1-4H3,(H,33,34,35). The smallest absolute Gasteiger partial charge is 0.294 e. The summed E-state index contributed by atoms with van der Waals surface area (Å²) in [6, 6.07) is 13.0. The van der Waals surface area contributed by atoms with Crippen molar-refractivity contribution in [2.24, 2.45) is 15.2 Å². The summed E-state index contributed by atoms with van der Waals surface area (Å²) < 4.78 is 33.2. The molecule has 2 N–H and O–H groups in total. The Morgan fingerprint density at radius 3 is 1.92 bits per heavy atom. The van der Waals surface area contributed by atoms with Gasteiger partial charge in [-0.15, -0.1) is 0 Å². The van der Waals surface area contributed by atoms with Gasteiger partial charge in [-0.05, 0) is 65.4 Å². The van der Waals surface area contributed by atoms with Crippen molar-refractivity contribution in [2.75, 3.05) is 0 Å². The molecule has 0 fully saturated rings. The van der Waals surface area contributed by atoms with Gasteiger partial charge in [-0.25, -0.2) is 0 Å². The Bertz CT molecular complexity index is 1420. The highest BCUT2D eigenvalue weighted by Crippen LogP contribution is 2.37. The second-order valence-corrected chi connectivity index (χ2v) is 10.1. The summed E-state index contributed by atoms with van der Waals surface area (Å²) >= 11 is 0. The molecule has 0 saturated heterocycles. The topological polar surface area (TPSA) is 155 Å². The molecule has 0 aliphatic rings. The molecular weight excluding hydrogens is 484 g/mol. The summed E-state index contributed by atoms with van der Waals surface area (Å²) in [5, 5.41) is 29.3. The molecule has 36 heavy (non-hydrogen) atoms. The fourth-order valence-corrected chi connectivity index (χ4v) is 3.98. The van der Waals surface area contributed by atoms with Crippen LogP contribution < -0.4 is 0 Å². The van der Waals surface area contributed by atoms with Crippen LogP contribution in [0.2, 0.25) is 0 Å². The Balaban J connectivity index is 1.99. The monoisotopic (exact) mass is 510 g/mol. The van der Waals surface area contributed by atoms with E-state index in [4.69, 9.17) is 0 Å². The van der Waals surface area contributed by atoms with E-state index < -0.39 is 15.0 Å². The average molecular weight is 511 g/mol. The molecule has 3 aromatic carbocycles. The van der Waals surface area contributed by atoms with Gasteiger partial charge in [-0.2, -0.15) is 18.6 Å². The van der Waals surface area contributed by atoms with Gasteiger partial charge >= 0.3 is 0 Å². The van der Waals surface area contributed by atoms with Crippen LogP contribution in [0.3, 0.4) is 0 Å². The van der Waals surface area contributed by atoms with E-state index >= 15 is 0 Å². The minimum atomic E-state index is -4.40. The Hall–Kier alpha value is -3.96. The van der Waals surface area contributed by atoms with Gasteiger partial charge < -0.3 is 5.11 Å². The molecular formula is C25H26N4O6S. The lowest BCUT2D eigenvalue weighted by Crippen LogP contribution is -2.04. The van der Waals surface area contributed by atoms with E-state index in [-0.39, 0.29) is 28.2 Å². The van der Waals surface area contributed by atoms with E-state index in [0.717, 1.165) is 0 Å². The molecule has 0 unspecified atom stereocenters. The fourth-order valence-electron chi connectivity index (χ4n) is 3.43. The van der Waals surface area contributed by atoms with Crippen molar-refractivity contribution < 1.29 is 23.0 Å². The van der Waals surface area contributed by atoms with Gasteiger partial charge in [0.1, 0.15) is 5.75 Å². The van der Waals surface area contributed by atoms with Crippen molar-refractivity contribution in [2.45, 2.75) is 44.4 Å². The molecule has 0 heterocycles. The first-order chi connectivity index (χ1) is 16.9. The predicted octanol–water partition coefficient (Wildman–Crippen LogP) is 6.96. The molecule has 188 valence electrons. The van der Waals surface area contributed by atoms with Gasteiger partial charge in [0.15, 0.2) is 0 Å². The summed E-state index contributed by atoms with van der Waals surface area (Å²) in [7, 11) is -4.40. The fraction of sp³-hybridized carbons (Fsp3) is 0.240. The molecule has 0 aliphatic heterocycles. The molecule has 0 amide bonds. The second kappa shape index (κ2) is 10.8. The minimum Gasteiger partial charge on any atom is -0.507 e. The number of aromatic hydroxyl groups is 1. The van der Waals surface area contributed by atoms with Crippen molar-refractivity contribution in [1.82, 2.24) is 0 Å². The summed E-state index contributed by atoms with van der Waals surface area (Å²) in [4.78, 5) is 14.7. The van der Waals surface area contributed by atoms with Crippen molar-refractivity contribution in [3.63, 3.8) is 0 Å². The highest BCUT2D eigenvalue weighted by atomic mass is 32.2. The van der Waals surface area contributed by atoms with Crippen LogP contribution in [0.15, 0.2) is 74.7 Å². The first-order valence-electron chi connectivity index (χ1n) is 11.1. The van der Waals surface area contributed by atoms with Crippen molar-refractivity contribution >= 4 is 39.1 Å². The van der Waals surface area contributed by atoms with Crippen molar-refractivity contribution in [3.05, 3.63) is 81.4 Å². The number of benzene rings is 3. The lowest BCUT2D eigenvalue weighted by molar-refractivity contribution is -0.384. The number of phenols is 1. The number of nitrogens with zero attached hydrogens (tertiary/aromatic N) is 4. The van der Waals surface area contributed by atoms with Crippen LogP contribution in [0.1, 0.15) is 56.2 Å². The molecule has 0 radical (unpaired) electrons. The number of aliphatic imine (C=N–C) groups is 1. The molecule has 0 atom stereocenters. The zero-order valence-corrected chi connectivity index (χ0v) is 21.0. The normalized spacial score (nSPS) is 12.3. The molecule has 3 rings (SSSR count). The summed E-state index contributed by atoms with van der Waals surface area (Å²) in [5.74, 6) is -0.224. The summed E-state index contributed by atoms with van der Waals surface area (Å²) in [6.45, 7) is 7.57. The maximum absolute atomic E-state index is 11.8. The Morgan fingerprint density at radius 1 is 0.889 bits per heavy atom. The third kappa shape index (κ3) is 6.37. The third-order valence-electron chi connectivity index (χ3n) is 5.37.